The maximum atomic E-state index is 12.9. The van der Waals surface area contributed by atoms with Gasteiger partial charge in [0, 0.05) is 31.9 Å². The first-order valence-corrected chi connectivity index (χ1v) is 11.7. The number of nitrogens with one attached hydrogen (secondary N) is 1. The molecule has 0 bridgehead atoms. The molecule has 2 saturated heterocycles. The fraction of sp³-hybridized carbons (Fsp3) is 0.556. The van der Waals surface area contributed by atoms with Gasteiger partial charge in [0.25, 0.3) is 11.8 Å². The van der Waals surface area contributed by atoms with E-state index >= 15 is 0 Å². The number of anilines is 2. The Morgan fingerprint density at radius 3 is 2.52 bits per heavy atom. The highest BCUT2D eigenvalue weighted by molar-refractivity contribution is 7.90. The molecule has 0 aliphatic carbocycles. The lowest BCUT2D eigenvalue weighted by atomic mass is 10.0. The van der Waals surface area contributed by atoms with Gasteiger partial charge in [0.1, 0.15) is 6.04 Å². The molecular formula is C18H22F2N6O4S. The second-order valence-corrected chi connectivity index (χ2v) is 9.59. The van der Waals surface area contributed by atoms with Crippen LogP contribution < -0.4 is 10.2 Å². The average Bonchev–Trinajstić information content (AvgIpc) is 3.36. The summed E-state index contributed by atoms with van der Waals surface area (Å²) in [6, 6.07) is 2.63. The summed E-state index contributed by atoms with van der Waals surface area (Å²) in [6.07, 6.45) is 1.65. The molecule has 2 aliphatic rings. The van der Waals surface area contributed by atoms with Crippen molar-refractivity contribution >= 4 is 27.4 Å². The number of hydrogen-bond acceptors (Lipinski definition) is 9. The Bertz CT molecular complexity index is 1040. The van der Waals surface area contributed by atoms with E-state index in [-0.39, 0.29) is 22.9 Å². The minimum atomic E-state index is -3.38. The molecule has 168 valence electrons. The highest BCUT2D eigenvalue weighted by Gasteiger charge is 2.37. The van der Waals surface area contributed by atoms with Gasteiger partial charge in [-0.1, -0.05) is 0 Å². The monoisotopic (exact) mass is 456 g/mol. The number of pyridine rings is 1. The maximum Gasteiger partial charge on any atom is 0.316 e. The quantitative estimate of drug-likeness (QED) is 0.689. The van der Waals surface area contributed by atoms with Crippen LogP contribution in [-0.4, -0.2) is 72.3 Å². The minimum absolute atomic E-state index is 0.0218. The fourth-order valence-electron chi connectivity index (χ4n) is 3.91. The van der Waals surface area contributed by atoms with E-state index in [1.807, 2.05) is 4.90 Å². The van der Waals surface area contributed by atoms with Crippen LogP contribution in [-0.2, 0) is 14.6 Å². The van der Waals surface area contributed by atoms with Gasteiger partial charge in [0.2, 0.25) is 5.91 Å². The summed E-state index contributed by atoms with van der Waals surface area (Å²) in [5.41, 5.74) is 0.578. The Morgan fingerprint density at radius 1 is 1.19 bits per heavy atom. The summed E-state index contributed by atoms with van der Waals surface area (Å²) >= 11 is 0. The first-order valence-electron chi connectivity index (χ1n) is 9.82. The molecule has 2 fully saturated rings. The molecule has 1 amide bonds. The van der Waals surface area contributed by atoms with Crippen LogP contribution in [0.25, 0.3) is 0 Å². The molecular weight excluding hydrogens is 434 g/mol. The molecule has 4 rings (SSSR count). The van der Waals surface area contributed by atoms with Crippen molar-refractivity contribution < 1.29 is 26.5 Å². The SMILES string of the molecule is CS(=O)(=O)c1ccc(NC2CCN(C3CCN(c4noc(C(F)F)n4)CC3)C2=O)cn1. The summed E-state index contributed by atoms with van der Waals surface area (Å²) in [7, 11) is -3.38. The number of carbonyl (C=O) groups excluding carboxylic acids is 1. The molecule has 1 unspecified atom stereocenters. The van der Waals surface area contributed by atoms with Crippen molar-refractivity contribution in [2.75, 3.05) is 36.1 Å². The molecule has 0 aromatic carbocycles. The lowest BCUT2D eigenvalue weighted by Gasteiger charge is -2.36. The number of amides is 1. The number of aromatic nitrogens is 3. The van der Waals surface area contributed by atoms with Gasteiger partial charge in [-0.05, 0) is 36.6 Å². The lowest BCUT2D eigenvalue weighted by molar-refractivity contribution is -0.130. The Hall–Kier alpha value is -2.83. The number of hydrogen-bond donors (Lipinski definition) is 1. The number of nitrogens with zero attached hydrogens (tertiary/aromatic N) is 5. The Labute approximate surface area is 177 Å². The second kappa shape index (κ2) is 8.36. The summed E-state index contributed by atoms with van der Waals surface area (Å²) in [5, 5.41) is 6.71. The van der Waals surface area contributed by atoms with Crippen molar-refractivity contribution in [1.29, 1.82) is 0 Å². The lowest BCUT2D eigenvalue weighted by Crippen LogP contribution is -2.47. The second-order valence-electron chi connectivity index (χ2n) is 7.63. The fourth-order valence-corrected chi connectivity index (χ4v) is 4.47. The van der Waals surface area contributed by atoms with Crippen LogP contribution in [0.1, 0.15) is 31.6 Å². The molecule has 10 nitrogen and oxygen atoms in total. The predicted octanol–water partition coefficient (Wildman–Crippen LogP) is 1.49. The van der Waals surface area contributed by atoms with Crippen LogP contribution in [0, 0.1) is 0 Å². The zero-order valence-electron chi connectivity index (χ0n) is 16.7. The molecule has 2 aromatic rings. The summed E-state index contributed by atoms with van der Waals surface area (Å²) < 4.78 is 52.8. The minimum Gasteiger partial charge on any atom is -0.372 e. The predicted molar refractivity (Wildman–Crippen MR) is 106 cm³/mol. The standard InChI is InChI=1S/C18H22F2N6O4S/c1-31(28,29)14-3-2-11(10-21-14)22-13-6-9-26(17(13)27)12-4-7-25(8-5-12)18-23-16(15(19)20)30-24-18/h2-3,10,12-13,15,22H,4-9H2,1H3. The third-order valence-electron chi connectivity index (χ3n) is 5.50. The van der Waals surface area contributed by atoms with E-state index in [4.69, 9.17) is 0 Å². The number of piperidine rings is 1. The van der Waals surface area contributed by atoms with Crippen molar-refractivity contribution in [1.82, 2.24) is 20.0 Å². The molecule has 2 aliphatic heterocycles. The first-order chi connectivity index (χ1) is 14.7. The normalized spacial score (nSPS) is 20.6. The molecule has 1 atom stereocenters. The van der Waals surface area contributed by atoms with E-state index < -0.39 is 28.2 Å². The van der Waals surface area contributed by atoms with E-state index in [0.29, 0.717) is 44.6 Å². The van der Waals surface area contributed by atoms with Gasteiger partial charge in [0.15, 0.2) is 14.9 Å². The van der Waals surface area contributed by atoms with Crippen LogP contribution in [0.15, 0.2) is 27.9 Å². The third kappa shape index (κ3) is 4.60. The zero-order chi connectivity index (χ0) is 22.2. The van der Waals surface area contributed by atoms with E-state index in [1.54, 1.807) is 11.0 Å². The summed E-state index contributed by atoms with van der Waals surface area (Å²) in [6.45, 7) is 1.67. The first kappa shape index (κ1) is 21.4. The van der Waals surface area contributed by atoms with Crippen LogP contribution in [0.4, 0.5) is 20.4 Å². The third-order valence-corrected chi connectivity index (χ3v) is 6.50. The molecule has 2 aromatic heterocycles. The van der Waals surface area contributed by atoms with Gasteiger partial charge >= 0.3 is 6.43 Å². The molecule has 0 spiro atoms. The average molecular weight is 456 g/mol. The topological polar surface area (TPSA) is 122 Å². The van der Waals surface area contributed by atoms with Gasteiger partial charge in [0.05, 0.1) is 11.9 Å². The molecule has 31 heavy (non-hydrogen) atoms. The van der Waals surface area contributed by atoms with E-state index in [0.717, 1.165) is 6.26 Å². The van der Waals surface area contributed by atoms with Crippen molar-refractivity contribution in [2.45, 2.75) is 42.8 Å². The van der Waals surface area contributed by atoms with Gasteiger partial charge < -0.3 is 19.6 Å². The van der Waals surface area contributed by atoms with Crippen molar-refractivity contribution in [3.05, 3.63) is 24.2 Å². The molecule has 0 radical (unpaired) electrons. The molecule has 1 N–H and O–H groups in total. The number of rotatable bonds is 6. The largest absolute Gasteiger partial charge is 0.372 e. The van der Waals surface area contributed by atoms with E-state index in [1.165, 1.54) is 12.3 Å². The summed E-state index contributed by atoms with van der Waals surface area (Å²) in [5.74, 6) is -0.573. The van der Waals surface area contributed by atoms with Gasteiger partial charge in [-0.3, -0.25) is 4.79 Å². The number of sulfone groups is 1. The van der Waals surface area contributed by atoms with Gasteiger partial charge in [-0.15, -0.1) is 0 Å². The highest BCUT2D eigenvalue weighted by atomic mass is 32.2. The smallest absolute Gasteiger partial charge is 0.316 e. The van der Waals surface area contributed by atoms with Gasteiger partial charge in [-0.2, -0.15) is 13.8 Å². The van der Waals surface area contributed by atoms with Gasteiger partial charge in [-0.25, -0.2) is 13.4 Å². The number of halogens is 2. The Balaban J connectivity index is 1.32. The number of carbonyl (C=O) groups is 1. The van der Waals surface area contributed by atoms with E-state index in [9.17, 15) is 22.0 Å². The highest BCUT2D eigenvalue weighted by Crippen LogP contribution is 2.27. The number of alkyl halides is 2. The van der Waals surface area contributed by atoms with Crippen molar-refractivity contribution in [3.8, 4) is 0 Å². The zero-order valence-corrected chi connectivity index (χ0v) is 17.6. The van der Waals surface area contributed by atoms with E-state index in [2.05, 4.69) is 25.0 Å². The molecule has 4 heterocycles. The van der Waals surface area contributed by atoms with Crippen LogP contribution in [0.5, 0.6) is 0 Å². The summed E-state index contributed by atoms with van der Waals surface area (Å²) in [4.78, 5) is 24.1. The maximum absolute atomic E-state index is 12.9. The Kier molecular flexibility index (Phi) is 5.77. The number of likely N-dealkylation sites (tertiary alicyclic amines) is 1. The van der Waals surface area contributed by atoms with Crippen molar-refractivity contribution in [3.63, 3.8) is 0 Å². The van der Waals surface area contributed by atoms with Crippen LogP contribution in [0.3, 0.4) is 0 Å². The molecule has 13 heteroatoms. The van der Waals surface area contributed by atoms with Crippen LogP contribution in [0.2, 0.25) is 0 Å². The molecule has 0 saturated carbocycles. The van der Waals surface area contributed by atoms with Crippen molar-refractivity contribution in [2.24, 2.45) is 0 Å². The van der Waals surface area contributed by atoms with Crippen LogP contribution >= 0.6 is 0 Å². The Morgan fingerprint density at radius 2 is 1.94 bits per heavy atom.